The first-order valence-electron chi connectivity index (χ1n) is 7.68. The largest absolute Gasteiger partial charge is 0.316 e. The van der Waals surface area contributed by atoms with Crippen molar-refractivity contribution in [1.29, 1.82) is 0 Å². The van der Waals surface area contributed by atoms with Crippen molar-refractivity contribution in [3.05, 3.63) is 71.5 Å². The zero-order valence-corrected chi connectivity index (χ0v) is 12.5. The Morgan fingerprint density at radius 3 is 2.57 bits per heavy atom. The van der Waals surface area contributed by atoms with Crippen LogP contribution in [0.5, 0.6) is 0 Å². The summed E-state index contributed by atoms with van der Waals surface area (Å²) in [5, 5.41) is 3.50. The van der Waals surface area contributed by atoms with Gasteiger partial charge in [-0.25, -0.2) is 4.39 Å². The van der Waals surface area contributed by atoms with Crippen LogP contribution in [0.1, 0.15) is 30.4 Å². The Bertz CT molecular complexity index is 596. The molecule has 1 saturated heterocycles. The fourth-order valence-corrected chi connectivity index (χ4v) is 3.53. The molecule has 110 valence electrons. The van der Waals surface area contributed by atoms with Gasteiger partial charge in [0.25, 0.3) is 0 Å². The van der Waals surface area contributed by atoms with Crippen LogP contribution in [0, 0.1) is 11.2 Å². The molecular weight excluding hydrogens is 261 g/mol. The molecule has 21 heavy (non-hydrogen) atoms. The summed E-state index contributed by atoms with van der Waals surface area (Å²) in [4.78, 5) is 0. The normalized spacial score (nSPS) is 25.7. The molecule has 2 unspecified atom stereocenters. The van der Waals surface area contributed by atoms with Crippen molar-refractivity contribution in [2.45, 2.75) is 25.7 Å². The third-order valence-corrected chi connectivity index (χ3v) is 4.82. The molecule has 2 aromatic rings. The van der Waals surface area contributed by atoms with Crippen LogP contribution in [-0.4, -0.2) is 13.1 Å². The van der Waals surface area contributed by atoms with Gasteiger partial charge in [-0.05, 0) is 42.0 Å². The summed E-state index contributed by atoms with van der Waals surface area (Å²) in [6.45, 7) is 4.28. The average Bonchev–Trinajstić information content (AvgIpc) is 2.51. The van der Waals surface area contributed by atoms with Gasteiger partial charge in [-0.2, -0.15) is 0 Å². The molecule has 1 aliphatic rings. The van der Waals surface area contributed by atoms with Crippen LogP contribution in [0.15, 0.2) is 54.6 Å². The Morgan fingerprint density at radius 2 is 1.81 bits per heavy atom. The zero-order valence-electron chi connectivity index (χ0n) is 12.5. The second-order valence-electron chi connectivity index (χ2n) is 6.34. The van der Waals surface area contributed by atoms with E-state index < -0.39 is 0 Å². The van der Waals surface area contributed by atoms with Gasteiger partial charge in [-0.3, -0.25) is 0 Å². The van der Waals surface area contributed by atoms with E-state index in [2.05, 4.69) is 36.5 Å². The van der Waals surface area contributed by atoms with Crippen LogP contribution in [0.4, 0.5) is 4.39 Å². The van der Waals surface area contributed by atoms with E-state index in [1.165, 1.54) is 5.56 Å². The minimum atomic E-state index is -0.0796. The number of benzene rings is 2. The number of rotatable bonds is 3. The van der Waals surface area contributed by atoms with Gasteiger partial charge in [-0.15, -0.1) is 0 Å². The highest BCUT2D eigenvalue weighted by Crippen LogP contribution is 2.43. The molecule has 2 aromatic carbocycles. The summed E-state index contributed by atoms with van der Waals surface area (Å²) in [5.74, 6) is 0.344. The van der Waals surface area contributed by atoms with Crippen molar-refractivity contribution in [2.75, 3.05) is 13.1 Å². The summed E-state index contributed by atoms with van der Waals surface area (Å²) in [6.07, 6.45) is 1.86. The second kappa shape index (κ2) is 5.98. The molecule has 2 atom stereocenters. The lowest BCUT2D eigenvalue weighted by Crippen LogP contribution is -2.43. The predicted octanol–water partition coefficient (Wildman–Crippen LogP) is 4.15. The topological polar surface area (TPSA) is 12.0 Å². The molecule has 0 radical (unpaired) electrons. The number of hydrogen-bond donors (Lipinski definition) is 1. The van der Waals surface area contributed by atoms with Gasteiger partial charge in [0.15, 0.2) is 0 Å². The van der Waals surface area contributed by atoms with Gasteiger partial charge in [0.1, 0.15) is 5.82 Å². The van der Waals surface area contributed by atoms with Gasteiger partial charge < -0.3 is 5.32 Å². The van der Waals surface area contributed by atoms with E-state index in [1.54, 1.807) is 12.1 Å². The smallest absolute Gasteiger partial charge is 0.126 e. The Kier molecular flexibility index (Phi) is 4.07. The molecule has 2 heteroatoms. The van der Waals surface area contributed by atoms with Gasteiger partial charge in [0.2, 0.25) is 0 Å². The van der Waals surface area contributed by atoms with E-state index in [-0.39, 0.29) is 11.2 Å². The Labute approximate surface area is 126 Å². The molecular formula is C19H22FN. The molecule has 1 aliphatic heterocycles. The molecule has 0 bridgehead atoms. The van der Waals surface area contributed by atoms with Gasteiger partial charge in [0, 0.05) is 12.5 Å². The summed E-state index contributed by atoms with van der Waals surface area (Å²) in [7, 11) is 0. The number of piperidine rings is 1. The standard InChI is InChI=1S/C19H22FN/c1-19(13-16-9-5-6-10-18(16)20)11-12-21-14-17(19)15-7-3-2-4-8-15/h2-10,17,21H,11-14H2,1H3. The lowest BCUT2D eigenvalue weighted by molar-refractivity contribution is 0.185. The first-order chi connectivity index (χ1) is 10.2. The van der Waals surface area contributed by atoms with Crippen molar-refractivity contribution in [1.82, 2.24) is 5.32 Å². The molecule has 0 amide bonds. The first kappa shape index (κ1) is 14.3. The highest BCUT2D eigenvalue weighted by atomic mass is 19.1. The fourth-order valence-electron chi connectivity index (χ4n) is 3.53. The molecule has 0 aromatic heterocycles. The van der Waals surface area contributed by atoms with E-state index >= 15 is 0 Å². The van der Waals surface area contributed by atoms with Crippen LogP contribution in [-0.2, 0) is 6.42 Å². The van der Waals surface area contributed by atoms with Crippen LogP contribution < -0.4 is 5.32 Å². The average molecular weight is 283 g/mol. The highest BCUT2D eigenvalue weighted by molar-refractivity contribution is 5.26. The zero-order chi connectivity index (χ0) is 14.7. The SMILES string of the molecule is CC1(Cc2ccccc2F)CCNCC1c1ccccc1. The maximum atomic E-state index is 14.0. The molecule has 0 saturated carbocycles. The van der Waals surface area contributed by atoms with Crippen molar-refractivity contribution < 1.29 is 4.39 Å². The van der Waals surface area contributed by atoms with Crippen LogP contribution >= 0.6 is 0 Å². The maximum absolute atomic E-state index is 14.0. The predicted molar refractivity (Wildman–Crippen MR) is 84.9 cm³/mol. The van der Waals surface area contributed by atoms with Crippen molar-refractivity contribution in [2.24, 2.45) is 5.41 Å². The fraction of sp³-hybridized carbons (Fsp3) is 0.368. The van der Waals surface area contributed by atoms with Crippen LogP contribution in [0.3, 0.4) is 0 Å². The molecule has 1 heterocycles. The maximum Gasteiger partial charge on any atom is 0.126 e. The minimum Gasteiger partial charge on any atom is -0.316 e. The van der Waals surface area contributed by atoms with E-state index in [9.17, 15) is 4.39 Å². The highest BCUT2D eigenvalue weighted by Gasteiger charge is 2.37. The third kappa shape index (κ3) is 3.01. The summed E-state index contributed by atoms with van der Waals surface area (Å²) < 4.78 is 14.0. The van der Waals surface area contributed by atoms with E-state index in [0.717, 1.165) is 31.5 Å². The second-order valence-corrected chi connectivity index (χ2v) is 6.34. The van der Waals surface area contributed by atoms with Crippen LogP contribution in [0.2, 0.25) is 0 Å². The quantitative estimate of drug-likeness (QED) is 0.892. The number of hydrogen-bond acceptors (Lipinski definition) is 1. The summed E-state index contributed by atoms with van der Waals surface area (Å²) >= 11 is 0. The van der Waals surface area contributed by atoms with Gasteiger partial charge in [0.05, 0.1) is 0 Å². The minimum absolute atomic E-state index is 0.0796. The van der Waals surface area contributed by atoms with E-state index in [0.29, 0.717) is 5.92 Å². The summed E-state index contributed by atoms with van der Waals surface area (Å²) in [5.41, 5.74) is 2.28. The lowest BCUT2D eigenvalue weighted by Gasteiger charge is -2.42. The van der Waals surface area contributed by atoms with Crippen LogP contribution in [0.25, 0.3) is 0 Å². The monoisotopic (exact) mass is 283 g/mol. The van der Waals surface area contributed by atoms with Crippen molar-refractivity contribution in [3.63, 3.8) is 0 Å². The summed E-state index contributed by atoms with van der Waals surface area (Å²) in [6, 6.07) is 17.8. The molecule has 3 rings (SSSR count). The molecule has 1 nitrogen and oxygen atoms in total. The van der Waals surface area contributed by atoms with Crippen molar-refractivity contribution in [3.8, 4) is 0 Å². The Balaban J connectivity index is 1.91. The van der Waals surface area contributed by atoms with E-state index in [1.807, 2.05) is 18.2 Å². The molecule has 0 aliphatic carbocycles. The number of halogens is 1. The number of nitrogens with one attached hydrogen (secondary N) is 1. The lowest BCUT2D eigenvalue weighted by atomic mass is 9.66. The molecule has 0 spiro atoms. The third-order valence-electron chi connectivity index (χ3n) is 4.82. The molecule has 1 N–H and O–H groups in total. The van der Waals surface area contributed by atoms with Gasteiger partial charge in [-0.1, -0.05) is 55.5 Å². The first-order valence-corrected chi connectivity index (χ1v) is 7.68. The van der Waals surface area contributed by atoms with E-state index in [4.69, 9.17) is 0 Å². The molecule has 1 fully saturated rings. The van der Waals surface area contributed by atoms with Crippen molar-refractivity contribution >= 4 is 0 Å². The Morgan fingerprint density at radius 1 is 1.10 bits per heavy atom. The van der Waals surface area contributed by atoms with Gasteiger partial charge >= 0.3 is 0 Å². The Hall–Kier alpha value is -1.67.